The molecule has 6 heteroatoms. The Kier molecular flexibility index (Phi) is 7.22. The molecule has 0 fully saturated rings. The first-order valence-electron chi connectivity index (χ1n) is 7.78. The molecule has 0 saturated carbocycles. The zero-order chi connectivity index (χ0) is 17.4. The van der Waals surface area contributed by atoms with Crippen LogP contribution in [-0.4, -0.2) is 26.2 Å². The van der Waals surface area contributed by atoms with Gasteiger partial charge in [0.25, 0.3) is 0 Å². The number of amides is 2. The van der Waals surface area contributed by atoms with Crippen LogP contribution in [0.15, 0.2) is 48.5 Å². The average molecular weight is 366 g/mol. The first-order chi connectivity index (χ1) is 11.6. The number of benzene rings is 2. The quantitative estimate of drug-likeness (QED) is 0.717. The summed E-state index contributed by atoms with van der Waals surface area (Å²) in [6, 6.07) is 15.2. The molecular formula is C18H21Cl2N3O. The Bertz CT molecular complexity index is 665. The zero-order valence-corrected chi connectivity index (χ0v) is 15.1. The zero-order valence-electron chi connectivity index (χ0n) is 13.6. The maximum absolute atomic E-state index is 11.8. The molecule has 2 amide bonds. The van der Waals surface area contributed by atoms with Crippen molar-refractivity contribution < 1.29 is 4.79 Å². The predicted molar refractivity (Wildman–Crippen MR) is 101 cm³/mol. The number of urea groups is 1. The molecule has 2 rings (SSSR count). The van der Waals surface area contributed by atoms with Gasteiger partial charge in [0.15, 0.2) is 0 Å². The molecule has 0 unspecified atom stereocenters. The van der Waals surface area contributed by atoms with E-state index >= 15 is 0 Å². The smallest absolute Gasteiger partial charge is 0.315 e. The van der Waals surface area contributed by atoms with Gasteiger partial charge in [-0.25, -0.2) is 4.79 Å². The van der Waals surface area contributed by atoms with Gasteiger partial charge in [0.05, 0.1) is 0 Å². The number of nitrogens with one attached hydrogen (secondary N) is 2. The van der Waals surface area contributed by atoms with Gasteiger partial charge in [-0.3, -0.25) is 0 Å². The number of para-hydroxylation sites is 1. The van der Waals surface area contributed by atoms with Crippen molar-refractivity contribution in [1.29, 1.82) is 0 Å². The lowest BCUT2D eigenvalue weighted by Crippen LogP contribution is -2.36. The Morgan fingerprint density at radius 3 is 2.54 bits per heavy atom. The Morgan fingerprint density at radius 1 is 1.08 bits per heavy atom. The molecule has 0 heterocycles. The first kappa shape index (κ1) is 18.4. The van der Waals surface area contributed by atoms with E-state index in [2.05, 4.69) is 27.7 Å². The molecule has 0 atom stereocenters. The molecule has 2 aromatic carbocycles. The van der Waals surface area contributed by atoms with Gasteiger partial charge >= 0.3 is 6.03 Å². The van der Waals surface area contributed by atoms with Gasteiger partial charge in [-0.1, -0.05) is 47.5 Å². The van der Waals surface area contributed by atoms with Crippen molar-refractivity contribution in [2.75, 3.05) is 25.0 Å². The Hall–Kier alpha value is -1.91. The van der Waals surface area contributed by atoms with Crippen LogP contribution in [0.25, 0.3) is 0 Å². The summed E-state index contributed by atoms with van der Waals surface area (Å²) in [5, 5.41) is 6.76. The fraction of sp³-hybridized carbons (Fsp3) is 0.278. The van der Waals surface area contributed by atoms with Gasteiger partial charge in [0, 0.05) is 42.4 Å². The number of nitrogens with zero attached hydrogens (tertiary/aromatic N) is 1. The van der Waals surface area contributed by atoms with E-state index in [9.17, 15) is 4.79 Å². The Morgan fingerprint density at radius 2 is 1.83 bits per heavy atom. The Labute approximate surface area is 152 Å². The fourth-order valence-electron chi connectivity index (χ4n) is 2.23. The van der Waals surface area contributed by atoms with E-state index in [4.69, 9.17) is 23.2 Å². The van der Waals surface area contributed by atoms with E-state index < -0.39 is 0 Å². The topological polar surface area (TPSA) is 44.4 Å². The van der Waals surface area contributed by atoms with E-state index in [0.29, 0.717) is 23.1 Å². The summed E-state index contributed by atoms with van der Waals surface area (Å²) in [6.07, 6.45) is 0.862. The van der Waals surface area contributed by atoms with Crippen molar-refractivity contribution in [2.24, 2.45) is 0 Å². The van der Waals surface area contributed by atoms with Gasteiger partial charge in [-0.05, 0) is 36.2 Å². The monoisotopic (exact) mass is 365 g/mol. The van der Waals surface area contributed by atoms with Gasteiger partial charge < -0.3 is 15.5 Å². The van der Waals surface area contributed by atoms with Crippen LogP contribution in [0.4, 0.5) is 10.5 Å². The minimum Gasteiger partial charge on any atom is -0.375 e. The summed E-state index contributed by atoms with van der Waals surface area (Å²) in [7, 11) is 2.04. The number of hydrogen-bond donors (Lipinski definition) is 2. The molecule has 0 aliphatic rings. The van der Waals surface area contributed by atoms with Crippen molar-refractivity contribution in [2.45, 2.75) is 13.0 Å². The van der Waals surface area contributed by atoms with Crippen LogP contribution in [-0.2, 0) is 6.54 Å². The number of anilines is 1. The second-order valence-corrected chi connectivity index (χ2v) is 6.30. The van der Waals surface area contributed by atoms with Gasteiger partial charge in [0.1, 0.15) is 0 Å². The Balaban J connectivity index is 1.65. The summed E-state index contributed by atoms with van der Waals surface area (Å²) in [6.45, 7) is 1.84. The summed E-state index contributed by atoms with van der Waals surface area (Å²) in [5.74, 6) is 0. The summed E-state index contributed by atoms with van der Waals surface area (Å²) >= 11 is 11.9. The van der Waals surface area contributed by atoms with Crippen LogP contribution < -0.4 is 15.5 Å². The van der Waals surface area contributed by atoms with Crippen molar-refractivity contribution in [3.05, 3.63) is 64.1 Å². The molecule has 0 saturated heterocycles. The second-order valence-electron chi connectivity index (χ2n) is 5.46. The van der Waals surface area contributed by atoms with E-state index in [-0.39, 0.29) is 6.03 Å². The highest BCUT2D eigenvalue weighted by Crippen LogP contribution is 2.20. The molecule has 2 aromatic rings. The standard InChI is InChI=1S/C18H21Cl2N3O/c1-23(16-6-3-2-4-7-16)11-5-10-21-18(24)22-13-14-8-9-15(19)12-17(14)20/h2-4,6-9,12H,5,10-11,13H2,1H3,(H2,21,22,24). The van der Waals surface area contributed by atoms with Crippen LogP contribution in [0, 0.1) is 0 Å². The van der Waals surface area contributed by atoms with Crippen molar-refractivity contribution in [1.82, 2.24) is 10.6 Å². The first-order valence-corrected chi connectivity index (χ1v) is 8.53. The van der Waals surface area contributed by atoms with E-state index in [0.717, 1.165) is 18.5 Å². The molecular weight excluding hydrogens is 345 g/mol. The molecule has 0 bridgehead atoms. The number of carbonyl (C=O) groups is 1. The molecule has 0 radical (unpaired) electrons. The van der Waals surface area contributed by atoms with Crippen molar-refractivity contribution in [3.8, 4) is 0 Å². The second kappa shape index (κ2) is 9.40. The molecule has 4 nitrogen and oxygen atoms in total. The molecule has 0 spiro atoms. The lowest BCUT2D eigenvalue weighted by atomic mass is 10.2. The van der Waals surface area contributed by atoms with E-state index in [1.807, 2.05) is 25.2 Å². The number of halogens is 2. The highest BCUT2D eigenvalue weighted by Gasteiger charge is 2.05. The van der Waals surface area contributed by atoms with Gasteiger partial charge in [-0.2, -0.15) is 0 Å². The van der Waals surface area contributed by atoms with Crippen LogP contribution >= 0.6 is 23.2 Å². The number of carbonyl (C=O) groups excluding carboxylic acids is 1. The van der Waals surface area contributed by atoms with Crippen LogP contribution in [0.2, 0.25) is 10.0 Å². The van der Waals surface area contributed by atoms with E-state index in [1.165, 1.54) is 5.69 Å². The van der Waals surface area contributed by atoms with Crippen molar-refractivity contribution >= 4 is 34.9 Å². The number of hydrogen-bond acceptors (Lipinski definition) is 2. The summed E-state index contributed by atoms with van der Waals surface area (Å²) in [4.78, 5) is 14.0. The lowest BCUT2D eigenvalue weighted by Gasteiger charge is -2.19. The average Bonchev–Trinajstić information content (AvgIpc) is 2.58. The van der Waals surface area contributed by atoms with Gasteiger partial charge in [-0.15, -0.1) is 0 Å². The molecule has 0 aliphatic heterocycles. The normalized spacial score (nSPS) is 10.3. The predicted octanol–water partition coefficient (Wildman–Crippen LogP) is 4.32. The molecule has 24 heavy (non-hydrogen) atoms. The third-order valence-electron chi connectivity index (χ3n) is 3.61. The van der Waals surface area contributed by atoms with E-state index in [1.54, 1.807) is 18.2 Å². The van der Waals surface area contributed by atoms with Crippen LogP contribution in [0.3, 0.4) is 0 Å². The lowest BCUT2D eigenvalue weighted by molar-refractivity contribution is 0.240. The summed E-state index contributed by atoms with van der Waals surface area (Å²) in [5.41, 5.74) is 2.00. The highest BCUT2D eigenvalue weighted by molar-refractivity contribution is 6.35. The highest BCUT2D eigenvalue weighted by atomic mass is 35.5. The SMILES string of the molecule is CN(CCCNC(=O)NCc1ccc(Cl)cc1Cl)c1ccccc1. The number of rotatable bonds is 7. The van der Waals surface area contributed by atoms with Crippen LogP contribution in [0.5, 0.6) is 0 Å². The maximum atomic E-state index is 11.8. The molecule has 2 N–H and O–H groups in total. The van der Waals surface area contributed by atoms with Crippen molar-refractivity contribution in [3.63, 3.8) is 0 Å². The summed E-state index contributed by atoms with van der Waals surface area (Å²) < 4.78 is 0. The third kappa shape index (κ3) is 5.95. The largest absolute Gasteiger partial charge is 0.375 e. The molecule has 0 aliphatic carbocycles. The van der Waals surface area contributed by atoms with Crippen LogP contribution in [0.1, 0.15) is 12.0 Å². The van der Waals surface area contributed by atoms with Gasteiger partial charge in [0.2, 0.25) is 0 Å². The minimum absolute atomic E-state index is 0.205. The fourth-order valence-corrected chi connectivity index (χ4v) is 2.71. The third-order valence-corrected chi connectivity index (χ3v) is 4.19. The minimum atomic E-state index is -0.205. The molecule has 0 aromatic heterocycles. The maximum Gasteiger partial charge on any atom is 0.315 e. The molecule has 128 valence electrons.